The number of ether oxygens (including phenoxy) is 2. The van der Waals surface area contributed by atoms with Crippen LogP contribution in [0.4, 0.5) is 0 Å². The van der Waals surface area contributed by atoms with Crippen molar-refractivity contribution in [1.82, 2.24) is 0 Å². The Labute approximate surface area is 114 Å². The van der Waals surface area contributed by atoms with E-state index in [9.17, 15) is 9.59 Å². The molecule has 0 radical (unpaired) electrons. The van der Waals surface area contributed by atoms with Crippen molar-refractivity contribution in [3.05, 3.63) is 24.8 Å². The van der Waals surface area contributed by atoms with E-state index in [1.807, 2.05) is 6.08 Å². The van der Waals surface area contributed by atoms with Gasteiger partial charge in [0.2, 0.25) is 0 Å². The largest absolute Gasteiger partial charge is 0.468 e. The van der Waals surface area contributed by atoms with Gasteiger partial charge in [-0.3, -0.25) is 9.59 Å². The fourth-order valence-electron chi connectivity index (χ4n) is 2.05. The van der Waals surface area contributed by atoms with Crippen LogP contribution >= 0.6 is 0 Å². The average Bonchev–Trinajstić information content (AvgIpc) is 3.25. The molecular formula is C15H22O4. The molecule has 0 aromatic carbocycles. The minimum absolute atomic E-state index is 0.316. The summed E-state index contributed by atoms with van der Waals surface area (Å²) in [5, 5.41) is 0. The number of hydrogen-bond donors (Lipinski definition) is 0. The highest BCUT2D eigenvalue weighted by molar-refractivity contribution is 6.00. The van der Waals surface area contributed by atoms with Gasteiger partial charge in [0.05, 0.1) is 14.2 Å². The summed E-state index contributed by atoms with van der Waals surface area (Å²) < 4.78 is 9.60. The Kier molecular flexibility index (Phi) is 5.80. The molecule has 0 heterocycles. The Balaban J connectivity index is 2.89. The first-order chi connectivity index (χ1) is 9.10. The SMILES string of the molecule is C=CCCC(C/C=C/C1CC1)(C(=O)OC)C(=O)OC. The molecule has 0 aliphatic heterocycles. The third kappa shape index (κ3) is 3.94. The minimum Gasteiger partial charge on any atom is -0.468 e. The molecule has 0 amide bonds. The fraction of sp³-hybridized carbons (Fsp3) is 0.600. The highest BCUT2D eigenvalue weighted by Gasteiger charge is 2.46. The number of rotatable bonds is 8. The fourth-order valence-corrected chi connectivity index (χ4v) is 2.05. The van der Waals surface area contributed by atoms with E-state index in [-0.39, 0.29) is 0 Å². The standard InChI is InChI=1S/C15H22O4/c1-4-5-10-15(13(16)18-2,14(17)19-3)11-6-7-12-8-9-12/h4,6-7,12H,1,5,8-11H2,2-3H3/b7-6+. The van der Waals surface area contributed by atoms with Gasteiger partial charge >= 0.3 is 11.9 Å². The first-order valence-electron chi connectivity index (χ1n) is 6.55. The number of carbonyl (C=O) groups excluding carboxylic acids is 2. The maximum atomic E-state index is 12.0. The van der Waals surface area contributed by atoms with Crippen molar-refractivity contribution in [2.45, 2.75) is 32.1 Å². The van der Waals surface area contributed by atoms with Gasteiger partial charge < -0.3 is 9.47 Å². The van der Waals surface area contributed by atoms with E-state index in [0.717, 1.165) is 0 Å². The summed E-state index contributed by atoms with van der Waals surface area (Å²) in [4.78, 5) is 24.1. The van der Waals surface area contributed by atoms with E-state index in [4.69, 9.17) is 9.47 Å². The van der Waals surface area contributed by atoms with Crippen LogP contribution in [0.2, 0.25) is 0 Å². The van der Waals surface area contributed by atoms with Gasteiger partial charge in [-0.25, -0.2) is 0 Å². The lowest BCUT2D eigenvalue weighted by Gasteiger charge is -2.26. The van der Waals surface area contributed by atoms with Crippen LogP contribution in [0.1, 0.15) is 32.1 Å². The number of carbonyl (C=O) groups is 2. The lowest BCUT2D eigenvalue weighted by atomic mass is 9.79. The van der Waals surface area contributed by atoms with Gasteiger partial charge in [-0.1, -0.05) is 18.2 Å². The van der Waals surface area contributed by atoms with Crippen molar-refractivity contribution < 1.29 is 19.1 Å². The molecule has 1 aliphatic rings. The summed E-state index contributed by atoms with van der Waals surface area (Å²) in [6.07, 6.45) is 9.25. The third-order valence-corrected chi connectivity index (χ3v) is 3.42. The van der Waals surface area contributed by atoms with Gasteiger partial charge in [0, 0.05) is 0 Å². The van der Waals surface area contributed by atoms with Gasteiger partial charge in [0.1, 0.15) is 0 Å². The topological polar surface area (TPSA) is 52.6 Å². The lowest BCUT2D eigenvalue weighted by molar-refractivity contribution is -0.169. The van der Waals surface area contributed by atoms with Gasteiger partial charge in [0.25, 0.3) is 0 Å². The van der Waals surface area contributed by atoms with E-state index >= 15 is 0 Å². The zero-order valence-electron chi connectivity index (χ0n) is 11.7. The molecule has 0 aromatic heterocycles. The first kappa shape index (κ1) is 15.5. The smallest absolute Gasteiger partial charge is 0.323 e. The molecule has 19 heavy (non-hydrogen) atoms. The highest BCUT2D eigenvalue weighted by Crippen LogP contribution is 2.35. The normalized spacial score (nSPS) is 15.3. The van der Waals surface area contributed by atoms with Crippen molar-refractivity contribution in [1.29, 1.82) is 0 Å². The van der Waals surface area contributed by atoms with Crippen molar-refractivity contribution >= 4 is 11.9 Å². The zero-order chi connectivity index (χ0) is 14.3. The van der Waals surface area contributed by atoms with Gasteiger partial charge in [0.15, 0.2) is 5.41 Å². The van der Waals surface area contributed by atoms with Crippen LogP contribution in [0.3, 0.4) is 0 Å². The summed E-state index contributed by atoms with van der Waals surface area (Å²) in [6.45, 7) is 3.63. The van der Waals surface area contributed by atoms with Crippen molar-refractivity contribution in [3.63, 3.8) is 0 Å². The second-order valence-corrected chi connectivity index (χ2v) is 4.86. The molecule has 0 N–H and O–H groups in total. The van der Waals surface area contributed by atoms with Gasteiger partial charge in [-0.2, -0.15) is 0 Å². The van der Waals surface area contributed by atoms with Gasteiger partial charge in [-0.15, -0.1) is 6.58 Å². The molecule has 0 saturated heterocycles. The molecule has 0 atom stereocenters. The number of allylic oxidation sites excluding steroid dienone is 3. The molecule has 0 unspecified atom stereocenters. The van der Waals surface area contributed by atoms with Crippen LogP contribution in [-0.4, -0.2) is 26.2 Å². The summed E-state index contributed by atoms with van der Waals surface area (Å²) in [7, 11) is 2.58. The van der Waals surface area contributed by atoms with E-state index in [1.165, 1.54) is 27.1 Å². The number of methoxy groups -OCH3 is 2. The lowest BCUT2D eigenvalue weighted by Crippen LogP contribution is -2.41. The van der Waals surface area contributed by atoms with Crippen LogP contribution in [0.15, 0.2) is 24.8 Å². The zero-order valence-corrected chi connectivity index (χ0v) is 11.7. The van der Waals surface area contributed by atoms with E-state index < -0.39 is 17.4 Å². The molecule has 1 fully saturated rings. The van der Waals surface area contributed by atoms with Crippen molar-refractivity contribution in [2.75, 3.05) is 14.2 Å². The quantitative estimate of drug-likeness (QED) is 0.385. The second kappa shape index (κ2) is 7.12. The molecule has 106 valence electrons. The summed E-state index contributed by atoms with van der Waals surface area (Å²) in [5.41, 5.74) is -1.25. The minimum atomic E-state index is -1.25. The van der Waals surface area contributed by atoms with Crippen LogP contribution in [0.25, 0.3) is 0 Å². The van der Waals surface area contributed by atoms with Crippen LogP contribution in [-0.2, 0) is 19.1 Å². The molecule has 0 aromatic rings. The third-order valence-electron chi connectivity index (χ3n) is 3.42. The Hall–Kier alpha value is -1.58. The number of esters is 2. The Bertz CT molecular complexity index is 350. The summed E-state index contributed by atoms with van der Waals surface area (Å²) >= 11 is 0. The maximum Gasteiger partial charge on any atom is 0.323 e. The van der Waals surface area contributed by atoms with E-state index in [2.05, 4.69) is 12.7 Å². The van der Waals surface area contributed by atoms with Crippen LogP contribution < -0.4 is 0 Å². The molecular weight excluding hydrogens is 244 g/mol. The molecule has 0 bridgehead atoms. The maximum absolute atomic E-state index is 12.0. The molecule has 4 nitrogen and oxygen atoms in total. The van der Waals surface area contributed by atoms with Gasteiger partial charge in [-0.05, 0) is 38.0 Å². The highest BCUT2D eigenvalue weighted by atomic mass is 16.5. The average molecular weight is 266 g/mol. The molecule has 1 aliphatic carbocycles. The van der Waals surface area contributed by atoms with Crippen LogP contribution in [0.5, 0.6) is 0 Å². The Morgan fingerprint density at radius 2 is 1.84 bits per heavy atom. The predicted octanol–water partition coefficient (Wildman–Crippen LogP) is 2.64. The second-order valence-electron chi connectivity index (χ2n) is 4.86. The van der Waals surface area contributed by atoms with Crippen molar-refractivity contribution in [2.24, 2.45) is 11.3 Å². The predicted molar refractivity (Wildman–Crippen MR) is 72.4 cm³/mol. The molecule has 4 heteroatoms. The molecule has 1 saturated carbocycles. The molecule has 1 rings (SSSR count). The van der Waals surface area contributed by atoms with Crippen LogP contribution in [0, 0.1) is 11.3 Å². The first-order valence-corrected chi connectivity index (χ1v) is 6.55. The monoisotopic (exact) mass is 266 g/mol. The van der Waals surface area contributed by atoms with Crippen molar-refractivity contribution in [3.8, 4) is 0 Å². The Morgan fingerprint density at radius 3 is 2.26 bits per heavy atom. The molecule has 0 spiro atoms. The van der Waals surface area contributed by atoms with E-state index in [0.29, 0.717) is 25.2 Å². The Morgan fingerprint density at radius 1 is 1.26 bits per heavy atom. The summed E-state index contributed by atoms with van der Waals surface area (Å²) in [5.74, 6) is -0.476. The summed E-state index contributed by atoms with van der Waals surface area (Å²) in [6, 6.07) is 0. The number of hydrogen-bond acceptors (Lipinski definition) is 4. The van der Waals surface area contributed by atoms with E-state index in [1.54, 1.807) is 6.08 Å².